The van der Waals surface area contributed by atoms with Crippen molar-refractivity contribution >= 4 is 22.6 Å². The van der Waals surface area contributed by atoms with Gasteiger partial charge in [0, 0.05) is 42.7 Å². The molecule has 28 heavy (non-hydrogen) atoms. The third-order valence-corrected chi connectivity index (χ3v) is 5.98. The number of aromatic carboxylic acids is 1. The fourth-order valence-electron chi connectivity index (χ4n) is 4.39. The van der Waals surface area contributed by atoms with Crippen LogP contribution in [0.4, 0.5) is 14.5 Å². The number of hydrogen-bond acceptors (Lipinski definition) is 4. The van der Waals surface area contributed by atoms with Crippen molar-refractivity contribution in [3.8, 4) is 0 Å². The van der Waals surface area contributed by atoms with Gasteiger partial charge in [-0.3, -0.25) is 9.18 Å². The highest BCUT2D eigenvalue weighted by atomic mass is 19.1. The van der Waals surface area contributed by atoms with Crippen LogP contribution in [0.15, 0.2) is 17.1 Å². The van der Waals surface area contributed by atoms with Gasteiger partial charge in [-0.05, 0) is 38.4 Å². The molecule has 6 nitrogen and oxygen atoms in total. The first-order valence-corrected chi connectivity index (χ1v) is 9.46. The molecule has 1 aliphatic heterocycles. The van der Waals surface area contributed by atoms with Crippen molar-refractivity contribution in [1.29, 1.82) is 0 Å². The predicted molar refractivity (Wildman–Crippen MR) is 103 cm³/mol. The minimum Gasteiger partial charge on any atom is -0.477 e. The van der Waals surface area contributed by atoms with Gasteiger partial charge in [0.2, 0.25) is 5.43 Å². The highest BCUT2D eigenvalue weighted by Gasteiger charge is 2.35. The topological polar surface area (TPSA) is 74.6 Å². The first-order valence-electron chi connectivity index (χ1n) is 9.46. The largest absolute Gasteiger partial charge is 0.477 e. The van der Waals surface area contributed by atoms with E-state index in [1.807, 2.05) is 4.90 Å². The van der Waals surface area contributed by atoms with Gasteiger partial charge in [0.15, 0.2) is 0 Å². The normalized spacial score (nSPS) is 22.2. The van der Waals surface area contributed by atoms with Gasteiger partial charge in [-0.2, -0.15) is 0 Å². The van der Waals surface area contributed by atoms with E-state index in [0.29, 0.717) is 29.9 Å². The Morgan fingerprint density at radius 1 is 1.36 bits per heavy atom. The predicted octanol–water partition coefficient (Wildman–Crippen LogP) is 2.48. The zero-order chi connectivity index (χ0) is 20.2. The number of halogens is 2. The molecule has 1 saturated heterocycles. The lowest BCUT2D eigenvalue weighted by Gasteiger charge is -2.24. The number of aryl methyl sites for hydroxylation is 1. The van der Waals surface area contributed by atoms with E-state index in [0.717, 1.165) is 18.9 Å². The number of alkyl halides is 1. The van der Waals surface area contributed by atoms with E-state index in [1.54, 1.807) is 18.5 Å². The molecule has 150 valence electrons. The molecule has 2 atom stereocenters. The fourth-order valence-corrected chi connectivity index (χ4v) is 4.39. The number of aromatic nitrogens is 1. The average molecular weight is 391 g/mol. The van der Waals surface area contributed by atoms with E-state index in [9.17, 15) is 19.1 Å². The highest BCUT2D eigenvalue weighted by Crippen LogP contribution is 2.40. The van der Waals surface area contributed by atoms with Crippen LogP contribution in [0.25, 0.3) is 10.9 Å². The summed E-state index contributed by atoms with van der Waals surface area (Å²) < 4.78 is 30.3. The van der Waals surface area contributed by atoms with Crippen LogP contribution >= 0.6 is 0 Å². The smallest absolute Gasteiger partial charge is 0.341 e. The molecule has 2 N–H and O–H groups in total. The molecule has 1 aliphatic carbocycles. The molecular weight excluding hydrogens is 368 g/mol. The summed E-state index contributed by atoms with van der Waals surface area (Å²) in [5.74, 6) is -2.13. The molecule has 2 aromatic rings. The van der Waals surface area contributed by atoms with Crippen LogP contribution in [-0.2, 0) is 0 Å². The number of carboxylic acid groups (broad SMARTS) is 1. The summed E-state index contributed by atoms with van der Waals surface area (Å²) in [6.07, 6.45) is 3.15. The molecule has 1 aromatic heterocycles. The summed E-state index contributed by atoms with van der Waals surface area (Å²) in [5.41, 5.74) is 0.494. The standard InChI is InChI=1S/C20H23F2N3O3/c1-10-17-13(19(26)14(20(27)28)8-25(17)12-3-4-12)5-15(22)18(10)24-7-11(6-21)16(9-24)23-2/h5,8,11-12,16,23H,3-4,6-7,9H2,1-2H3,(H,27,28)/t11-,16+/m0/s1. The van der Waals surface area contributed by atoms with E-state index in [2.05, 4.69) is 5.32 Å². The lowest BCUT2D eigenvalue weighted by molar-refractivity contribution is 0.0695. The van der Waals surface area contributed by atoms with Gasteiger partial charge in [-0.15, -0.1) is 0 Å². The second kappa shape index (κ2) is 6.84. The maximum atomic E-state index is 15.1. The van der Waals surface area contributed by atoms with Crippen LogP contribution in [-0.4, -0.2) is 48.5 Å². The molecular formula is C20H23F2N3O3. The number of hydrogen-bond donors (Lipinski definition) is 2. The Bertz CT molecular complexity index is 1000. The van der Waals surface area contributed by atoms with E-state index in [4.69, 9.17) is 0 Å². The number of benzene rings is 1. The Morgan fingerprint density at radius 2 is 2.07 bits per heavy atom. The molecule has 8 heteroatoms. The molecule has 2 aliphatic rings. The van der Waals surface area contributed by atoms with Gasteiger partial charge >= 0.3 is 5.97 Å². The number of anilines is 1. The van der Waals surface area contributed by atoms with Crippen molar-refractivity contribution in [2.75, 3.05) is 31.7 Å². The third kappa shape index (κ3) is 2.87. The fraction of sp³-hybridized carbons (Fsp3) is 0.500. The molecule has 1 saturated carbocycles. The minimum atomic E-state index is -1.31. The second-order valence-electron chi connectivity index (χ2n) is 7.76. The van der Waals surface area contributed by atoms with Crippen molar-refractivity contribution in [2.24, 2.45) is 5.92 Å². The first-order chi connectivity index (χ1) is 13.4. The van der Waals surface area contributed by atoms with Crippen molar-refractivity contribution in [3.05, 3.63) is 39.4 Å². The Balaban J connectivity index is 1.93. The van der Waals surface area contributed by atoms with Crippen LogP contribution in [0.3, 0.4) is 0 Å². The van der Waals surface area contributed by atoms with Crippen LogP contribution in [0, 0.1) is 18.7 Å². The van der Waals surface area contributed by atoms with Gasteiger partial charge in [-0.1, -0.05) is 0 Å². The van der Waals surface area contributed by atoms with E-state index < -0.39 is 23.9 Å². The summed E-state index contributed by atoms with van der Waals surface area (Å²) in [4.78, 5) is 26.0. The van der Waals surface area contributed by atoms with Crippen molar-refractivity contribution in [2.45, 2.75) is 31.8 Å². The molecule has 4 rings (SSSR count). The Kier molecular flexibility index (Phi) is 4.61. The Hall–Kier alpha value is -2.48. The highest BCUT2D eigenvalue weighted by molar-refractivity contribution is 5.95. The van der Waals surface area contributed by atoms with Crippen LogP contribution < -0.4 is 15.6 Å². The number of rotatable bonds is 5. The molecule has 2 heterocycles. The maximum absolute atomic E-state index is 15.1. The molecule has 0 spiro atoms. The molecule has 0 amide bonds. The molecule has 0 bridgehead atoms. The van der Waals surface area contributed by atoms with Crippen molar-refractivity contribution < 1.29 is 18.7 Å². The van der Waals surface area contributed by atoms with Gasteiger partial charge in [0.05, 0.1) is 17.9 Å². The van der Waals surface area contributed by atoms with Crippen molar-refractivity contribution in [3.63, 3.8) is 0 Å². The average Bonchev–Trinajstić information content (AvgIpc) is 3.42. The summed E-state index contributed by atoms with van der Waals surface area (Å²) >= 11 is 0. The molecule has 0 radical (unpaired) electrons. The lowest BCUT2D eigenvalue weighted by Crippen LogP contribution is -2.34. The second-order valence-corrected chi connectivity index (χ2v) is 7.76. The summed E-state index contributed by atoms with van der Waals surface area (Å²) in [6, 6.07) is 1.17. The quantitative estimate of drug-likeness (QED) is 0.819. The van der Waals surface area contributed by atoms with E-state index >= 15 is 4.39 Å². The summed E-state index contributed by atoms with van der Waals surface area (Å²) in [6.45, 7) is 2.10. The number of nitrogens with one attached hydrogen (secondary N) is 1. The zero-order valence-electron chi connectivity index (χ0n) is 15.8. The summed E-state index contributed by atoms with van der Waals surface area (Å²) in [5, 5.41) is 12.5. The number of carboxylic acids is 1. The van der Waals surface area contributed by atoms with Gasteiger partial charge in [0.25, 0.3) is 0 Å². The first kappa shape index (κ1) is 18.9. The van der Waals surface area contributed by atoms with Gasteiger partial charge in [0.1, 0.15) is 11.4 Å². The van der Waals surface area contributed by atoms with Crippen molar-refractivity contribution in [1.82, 2.24) is 9.88 Å². The zero-order valence-corrected chi connectivity index (χ0v) is 15.8. The minimum absolute atomic E-state index is 0.0805. The maximum Gasteiger partial charge on any atom is 0.341 e. The number of carbonyl (C=O) groups is 1. The van der Waals surface area contributed by atoms with Crippen LogP contribution in [0.2, 0.25) is 0 Å². The number of fused-ring (bicyclic) bond motifs is 1. The summed E-state index contributed by atoms with van der Waals surface area (Å²) in [7, 11) is 1.76. The van der Waals surface area contributed by atoms with Gasteiger partial charge in [-0.25, -0.2) is 9.18 Å². The molecule has 2 fully saturated rings. The van der Waals surface area contributed by atoms with E-state index in [-0.39, 0.29) is 29.0 Å². The van der Waals surface area contributed by atoms with E-state index in [1.165, 1.54) is 6.20 Å². The third-order valence-electron chi connectivity index (χ3n) is 5.98. The number of likely N-dealkylation sites (N-methyl/N-ethyl adjacent to an activating group) is 1. The van der Waals surface area contributed by atoms with Crippen LogP contribution in [0.5, 0.6) is 0 Å². The SMILES string of the molecule is CN[C@@H]1CN(c2c(F)cc3c(=O)c(C(=O)O)cn(C4CC4)c3c2C)C[C@@H]1CF. The van der Waals surface area contributed by atoms with Crippen LogP contribution in [0.1, 0.15) is 34.8 Å². The lowest BCUT2D eigenvalue weighted by atomic mass is 10.0. The number of nitrogens with zero attached hydrogens (tertiary/aromatic N) is 2. The number of pyridine rings is 1. The Morgan fingerprint density at radius 3 is 2.61 bits per heavy atom. The molecule has 1 aromatic carbocycles. The van der Waals surface area contributed by atoms with Gasteiger partial charge < -0.3 is 19.9 Å². The monoisotopic (exact) mass is 391 g/mol. The Labute approximate surface area is 160 Å². The molecule has 0 unspecified atom stereocenters.